The fourth-order valence-electron chi connectivity index (χ4n) is 2.68. The lowest BCUT2D eigenvalue weighted by Gasteiger charge is -2.17. The first kappa shape index (κ1) is 19.4. The molecule has 1 aliphatic heterocycles. The van der Waals surface area contributed by atoms with Crippen LogP contribution in [0.4, 0.5) is 5.69 Å². The third kappa shape index (κ3) is 3.84. The van der Waals surface area contributed by atoms with E-state index in [0.29, 0.717) is 13.1 Å². The van der Waals surface area contributed by atoms with Gasteiger partial charge in [0.25, 0.3) is 10.0 Å². The predicted octanol–water partition coefficient (Wildman–Crippen LogP) is 3.58. The molecule has 0 bridgehead atoms. The molecule has 1 N–H and O–H groups in total. The van der Waals surface area contributed by atoms with Gasteiger partial charge >= 0.3 is 0 Å². The van der Waals surface area contributed by atoms with E-state index < -0.39 is 20.0 Å². The molecule has 26 heavy (non-hydrogen) atoms. The van der Waals surface area contributed by atoms with Crippen molar-refractivity contribution >= 4 is 48.9 Å². The number of hydrogen-bond acceptors (Lipinski definition) is 4. The van der Waals surface area contributed by atoms with Gasteiger partial charge in [0.05, 0.1) is 20.6 Å². The zero-order valence-corrected chi connectivity index (χ0v) is 16.7. The third-order valence-electron chi connectivity index (χ3n) is 4.01. The number of rotatable bonds is 5. The lowest BCUT2D eigenvalue weighted by Crippen LogP contribution is -2.28. The van der Waals surface area contributed by atoms with Gasteiger partial charge < -0.3 is 0 Å². The van der Waals surface area contributed by atoms with Crippen molar-refractivity contribution in [1.29, 1.82) is 0 Å². The molecular weight excluding hydrogens is 419 g/mol. The van der Waals surface area contributed by atoms with E-state index in [2.05, 4.69) is 4.72 Å². The molecule has 0 atom stereocenters. The van der Waals surface area contributed by atoms with E-state index in [4.69, 9.17) is 23.2 Å². The van der Waals surface area contributed by atoms with Gasteiger partial charge in [0, 0.05) is 13.1 Å². The summed E-state index contributed by atoms with van der Waals surface area (Å²) in [6.45, 7) is 0.900. The highest BCUT2D eigenvalue weighted by Gasteiger charge is 2.28. The summed E-state index contributed by atoms with van der Waals surface area (Å²) in [7, 11) is -7.72. The van der Waals surface area contributed by atoms with E-state index >= 15 is 0 Å². The molecule has 0 aromatic heterocycles. The number of halogens is 2. The van der Waals surface area contributed by atoms with Gasteiger partial charge in [-0.2, -0.15) is 4.31 Å². The van der Waals surface area contributed by atoms with Gasteiger partial charge in [0.2, 0.25) is 10.0 Å². The van der Waals surface area contributed by atoms with Crippen molar-refractivity contribution < 1.29 is 16.8 Å². The number of anilines is 1. The van der Waals surface area contributed by atoms with E-state index in [1.54, 1.807) is 6.07 Å². The lowest BCUT2D eigenvalue weighted by atomic mass is 10.3. The van der Waals surface area contributed by atoms with Crippen LogP contribution in [0.3, 0.4) is 0 Å². The number of nitrogens with one attached hydrogen (secondary N) is 1. The molecule has 2 aromatic carbocycles. The van der Waals surface area contributed by atoms with Crippen LogP contribution < -0.4 is 4.72 Å². The molecule has 1 fully saturated rings. The lowest BCUT2D eigenvalue weighted by molar-refractivity contribution is 0.477. The minimum absolute atomic E-state index is 0.0133. The summed E-state index contributed by atoms with van der Waals surface area (Å²) in [5.74, 6) is 0. The monoisotopic (exact) mass is 434 g/mol. The van der Waals surface area contributed by atoms with Gasteiger partial charge in [-0.15, -0.1) is 0 Å². The second kappa shape index (κ2) is 7.36. The van der Waals surface area contributed by atoms with Crippen LogP contribution in [0.5, 0.6) is 0 Å². The van der Waals surface area contributed by atoms with E-state index in [1.165, 1.54) is 40.7 Å². The molecule has 10 heteroatoms. The summed E-state index contributed by atoms with van der Waals surface area (Å²) in [6, 6.07) is 9.89. The van der Waals surface area contributed by atoms with Crippen LogP contribution in [0.15, 0.2) is 52.3 Å². The maximum Gasteiger partial charge on any atom is 0.263 e. The summed E-state index contributed by atoms with van der Waals surface area (Å²) in [5.41, 5.74) is -0.0214. The normalized spacial score (nSPS) is 15.9. The highest BCUT2D eigenvalue weighted by molar-refractivity contribution is 7.93. The predicted molar refractivity (Wildman–Crippen MR) is 102 cm³/mol. The Labute approximate surface area is 162 Å². The van der Waals surface area contributed by atoms with Crippen LogP contribution >= 0.6 is 23.2 Å². The van der Waals surface area contributed by atoms with Crippen LogP contribution in [0.25, 0.3) is 0 Å². The Hall–Kier alpha value is -1.32. The van der Waals surface area contributed by atoms with Crippen molar-refractivity contribution in [3.63, 3.8) is 0 Å². The first-order valence-electron chi connectivity index (χ1n) is 7.79. The van der Waals surface area contributed by atoms with E-state index in [9.17, 15) is 16.8 Å². The smallest absolute Gasteiger partial charge is 0.263 e. The molecule has 1 aliphatic rings. The summed E-state index contributed by atoms with van der Waals surface area (Å²) in [6.07, 6.45) is 1.61. The molecule has 2 aromatic rings. The van der Waals surface area contributed by atoms with Crippen LogP contribution in [0, 0.1) is 0 Å². The Balaban J connectivity index is 1.97. The fourth-order valence-corrected chi connectivity index (χ4v) is 6.04. The topological polar surface area (TPSA) is 83.5 Å². The average molecular weight is 435 g/mol. The van der Waals surface area contributed by atoms with E-state index in [0.717, 1.165) is 12.8 Å². The van der Waals surface area contributed by atoms with Gasteiger partial charge in [0.1, 0.15) is 4.90 Å². The first-order valence-corrected chi connectivity index (χ1v) is 11.5. The Kier molecular flexibility index (Phi) is 5.50. The molecule has 3 rings (SSSR count). The quantitative estimate of drug-likeness (QED) is 0.778. The molecule has 0 amide bonds. The van der Waals surface area contributed by atoms with E-state index in [1.807, 2.05) is 0 Å². The molecule has 0 saturated carbocycles. The number of sulfonamides is 2. The second-order valence-corrected chi connectivity index (χ2v) is 10.2. The maximum absolute atomic E-state index is 12.7. The number of nitrogens with zero attached hydrogens (tertiary/aromatic N) is 1. The standard InChI is InChI=1S/C16H16Cl2N2O4S2/c17-13-8-7-12(26(23,24)20-9-3-4-10-20)11-15(13)19-25(21,22)16-6-2-1-5-14(16)18/h1-2,5-8,11,19H,3-4,9-10H2. The zero-order valence-electron chi connectivity index (χ0n) is 13.5. The molecule has 6 nitrogen and oxygen atoms in total. The fraction of sp³-hybridized carbons (Fsp3) is 0.250. The van der Waals surface area contributed by atoms with E-state index in [-0.39, 0.29) is 25.5 Å². The second-order valence-electron chi connectivity index (χ2n) is 5.79. The molecule has 0 spiro atoms. The molecule has 0 radical (unpaired) electrons. The van der Waals surface area contributed by atoms with Crippen molar-refractivity contribution in [3.8, 4) is 0 Å². The average Bonchev–Trinajstić information content (AvgIpc) is 3.12. The molecule has 0 unspecified atom stereocenters. The highest BCUT2D eigenvalue weighted by atomic mass is 35.5. The SMILES string of the molecule is O=S(=O)(Nc1cc(S(=O)(=O)N2CCCC2)ccc1Cl)c1ccccc1Cl. The Morgan fingerprint density at radius 2 is 1.54 bits per heavy atom. The Bertz CT molecular complexity index is 1030. The van der Waals surface area contributed by atoms with Gasteiger partial charge in [0.15, 0.2) is 0 Å². The van der Waals surface area contributed by atoms with Gasteiger partial charge in [-0.1, -0.05) is 35.3 Å². The van der Waals surface area contributed by atoms with Crippen LogP contribution in [0.1, 0.15) is 12.8 Å². The summed E-state index contributed by atoms with van der Waals surface area (Å²) >= 11 is 12.0. The Morgan fingerprint density at radius 3 is 2.19 bits per heavy atom. The first-order chi connectivity index (χ1) is 12.2. The molecule has 1 saturated heterocycles. The largest absolute Gasteiger partial charge is 0.278 e. The van der Waals surface area contributed by atoms with Crippen molar-refractivity contribution in [2.45, 2.75) is 22.6 Å². The molecule has 1 heterocycles. The molecule has 140 valence electrons. The molecule has 0 aliphatic carbocycles. The van der Waals surface area contributed by atoms with Crippen molar-refractivity contribution in [1.82, 2.24) is 4.31 Å². The summed E-state index contributed by atoms with van der Waals surface area (Å²) in [4.78, 5) is -0.133. The van der Waals surface area contributed by atoms with Crippen molar-refractivity contribution in [2.24, 2.45) is 0 Å². The van der Waals surface area contributed by atoms with Gasteiger partial charge in [-0.3, -0.25) is 4.72 Å². The van der Waals surface area contributed by atoms with Crippen molar-refractivity contribution in [2.75, 3.05) is 17.8 Å². The third-order valence-corrected chi connectivity index (χ3v) is 8.10. The van der Waals surface area contributed by atoms with Crippen LogP contribution in [-0.2, 0) is 20.0 Å². The van der Waals surface area contributed by atoms with Crippen molar-refractivity contribution in [3.05, 3.63) is 52.5 Å². The van der Waals surface area contributed by atoms with Gasteiger partial charge in [-0.05, 0) is 43.2 Å². The zero-order chi connectivity index (χ0) is 18.9. The minimum Gasteiger partial charge on any atom is -0.278 e. The number of hydrogen-bond donors (Lipinski definition) is 1. The summed E-state index contributed by atoms with van der Waals surface area (Å²) in [5, 5.41) is 0.137. The Morgan fingerprint density at radius 1 is 0.885 bits per heavy atom. The van der Waals surface area contributed by atoms with Crippen LogP contribution in [0.2, 0.25) is 10.0 Å². The minimum atomic E-state index is -4.02. The highest BCUT2D eigenvalue weighted by Crippen LogP contribution is 2.31. The van der Waals surface area contributed by atoms with Gasteiger partial charge in [-0.25, -0.2) is 16.8 Å². The summed E-state index contributed by atoms with van der Waals surface area (Å²) < 4.78 is 54.2. The maximum atomic E-state index is 12.7. The van der Waals surface area contributed by atoms with Crippen LogP contribution in [-0.4, -0.2) is 34.2 Å². The molecular formula is C16H16Cl2N2O4S2. The number of benzene rings is 2.